The second-order valence-electron chi connectivity index (χ2n) is 4.36. The van der Waals surface area contributed by atoms with Crippen molar-refractivity contribution in [3.63, 3.8) is 0 Å². The number of anilines is 1. The maximum Gasteiger partial charge on any atom is 0.115 e. The highest BCUT2D eigenvalue weighted by atomic mass is 16.3. The summed E-state index contributed by atoms with van der Waals surface area (Å²) in [6.45, 7) is 1.29. The monoisotopic (exact) mass is 258 g/mol. The van der Waals surface area contributed by atoms with Gasteiger partial charge in [0.1, 0.15) is 5.75 Å². The summed E-state index contributed by atoms with van der Waals surface area (Å²) >= 11 is 0. The highest BCUT2D eigenvalue weighted by Gasteiger charge is 2.05. The standard InChI is InChI=1S/C15H18N2O2/c16-13-3-6-15(11-1-4-14(19)5-2-11)12(9-13)10-17-7-8-18/h1-6,9,17-19H,7-8,10,16H2. The molecule has 4 heteroatoms. The first kappa shape index (κ1) is 13.4. The second-order valence-corrected chi connectivity index (χ2v) is 4.36. The largest absolute Gasteiger partial charge is 0.508 e. The van der Waals surface area contributed by atoms with Crippen LogP contribution >= 0.6 is 0 Å². The maximum absolute atomic E-state index is 9.33. The number of aliphatic hydroxyl groups is 1. The number of benzene rings is 2. The second kappa shape index (κ2) is 6.22. The SMILES string of the molecule is Nc1ccc(-c2ccc(O)cc2)c(CNCCO)c1. The molecule has 0 fully saturated rings. The van der Waals surface area contributed by atoms with E-state index < -0.39 is 0 Å². The third-order valence-electron chi connectivity index (χ3n) is 2.91. The summed E-state index contributed by atoms with van der Waals surface area (Å²) in [5, 5.41) is 21.3. The average Bonchev–Trinajstić information content (AvgIpc) is 2.41. The summed E-state index contributed by atoms with van der Waals surface area (Å²) in [5.41, 5.74) is 9.69. The van der Waals surface area contributed by atoms with Crippen molar-refractivity contribution in [1.29, 1.82) is 0 Å². The van der Waals surface area contributed by atoms with Crippen molar-refractivity contribution < 1.29 is 10.2 Å². The fourth-order valence-corrected chi connectivity index (χ4v) is 1.98. The first-order valence-corrected chi connectivity index (χ1v) is 6.20. The number of hydrogen-bond acceptors (Lipinski definition) is 4. The molecule has 0 saturated heterocycles. The van der Waals surface area contributed by atoms with E-state index in [-0.39, 0.29) is 12.4 Å². The van der Waals surface area contributed by atoms with Crippen molar-refractivity contribution in [2.24, 2.45) is 0 Å². The van der Waals surface area contributed by atoms with Gasteiger partial charge in [0.15, 0.2) is 0 Å². The Morgan fingerprint density at radius 2 is 1.79 bits per heavy atom. The minimum atomic E-state index is 0.108. The van der Waals surface area contributed by atoms with E-state index in [1.54, 1.807) is 12.1 Å². The molecule has 0 heterocycles. The number of rotatable bonds is 5. The van der Waals surface area contributed by atoms with Crippen LogP contribution in [-0.2, 0) is 6.54 Å². The molecule has 0 unspecified atom stereocenters. The van der Waals surface area contributed by atoms with Gasteiger partial charge in [-0.3, -0.25) is 0 Å². The summed E-state index contributed by atoms with van der Waals surface area (Å²) in [7, 11) is 0. The van der Waals surface area contributed by atoms with Crippen LogP contribution in [0.15, 0.2) is 42.5 Å². The minimum absolute atomic E-state index is 0.108. The molecule has 2 rings (SSSR count). The van der Waals surface area contributed by atoms with Crippen molar-refractivity contribution in [1.82, 2.24) is 5.32 Å². The molecular weight excluding hydrogens is 240 g/mol. The van der Waals surface area contributed by atoms with Crippen LogP contribution in [0.5, 0.6) is 5.75 Å². The molecular formula is C15H18N2O2. The Morgan fingerprint density at radius 3 is 2.47 bits per heavy atom. The number of phenols is 1. The van der Waals surface area contributed by atoms with Crippen LogP contribution in [0.1, 0.15) is 5.56 Å². The molecule has 0 amide bonds. The van der Waals surface area contributed by atoms with Gasteiger partial charge in [-0.15, -0.1) is 0 Å². The zero-order chi connectivity index (χ0) is 13.7. The zero-order valence-electron chi connectivity index (χ0n) is 10.6. The van der Waals surface area contributed by atoms with Crippen LogP contribution in [0.2, 0.25) is 0 Å². The number of hydrogen-bond donors (Lipinski definition) is 4. The summed E-state index contributed by atoms with van der Waals surface area (Å²) < 4.78 is 0. The fourth-order valence-electron chi connectivity index (χ4n) is 1.98. The third kappa shape index (κ3) is 3.47. The van der Waals surface area contributed by atoms with E-state index in [4.69, 9.17) is 10.8 Å². The predicted octanol–water partition coefficient (Wildman–Crippen LogP) is 1.72. The highest BCUT2D eigenvalue weighted by Crippen LogP contribution is 2.27. The highest BCUT2D eigenvalue weighted by molar-refractivity contribution is 5.70. The van der Waals surface area contributed by atoms with Crippen molar-refractivity contribution in [3.05, 3.63) is 48.0 Å². The molecule has 2 aromatic carbocycles. The number of aromatic hydroxyl groups is 1. The molecule has 5 N–H and O–H groups in total. The van der Waals surface area contributed by atoms with Crippen molar-refractivity contribution >= 4 is 5.69 Å². The summed E-state index contributed by atoms with van der Waals surface area (Å²) in [6, 6.07) is 12.8. The normalized spacial score (nSPS) is 10.6. The number of aliphatic hydroxyl groups excluding tert-OH is 1. The van der Waals surface area contributed by atoms with E-state index >= 15 is 0 Å². The molecule has 19 heavy (non-hydrogen) atoms. The lowest BCUT2D eigenvalue weighted by Gasteiger charge is -2.12. The van der Waals surface area contributed by atoms with Crippen molar-refractivity contribution in [2.75, 3.05) is 18.9 Å². The fraction of sp³-hybridized carbons (Fsp3) is 0.200. The van der Waals surface area contributed by atoms with Crippen LogP contribution in [0.3, 0.4) is 0 Å². The average molecular weight is 258 g/mol. The van der Waals surface area contributed by atoms with Crippen LogP contribution in [0.4, 0.5) is 5.69 Å². The molecule has 0 atom stereocenters. The van der Waals surface area contributed by atoms with Crippen molar-refractivity contribution in [3.8, 4) is 16.9 Å². The first-order chi connectivity index (χ1) is 9.20. The Labute approximate surface area is 112 Å². The van der Waals surface area contributed by atoms with Gasteiger partial charge < -0.3 is 21.3 Å². The van der Waals surface area contributed by atoms with Gasteiger partial charge >= 0.3 is 0 Å². The zero-order valence-corrected chi connectivity index (χ0v) is 10.6. The van der Waals surface area contributed by atoms with E-state index in [2.05, 4.69) is 5.32 Å². The number of nitrogens with two attached hydrogens (primary N) is 1. The van der Waals surface area contributed by atoms with Gasteiger partial charge in [-0.25, -0.2) is 0 Å². The lowest BCUT2D eigenvalue weighted by molar-refractivity contribution is 0.292. The number of nitrogen functional groups attached to an aromatic ring is 1. The molecule has 0 aliphatic heterocycles. The molecule has 0 aromatic heterocycles. The van der Waals surface area contributed by atoms with Gasteiger partial charge in [-0.2, -0.15) is 0 Å². The molecule has 0 aliphatic carbocycles. The predicted molar refractivity (Wildman–Crippen MR) is 76.7 cm³/mol. The lowest BCUT2D eigenvalue weighted by Crippen LogP contribution is -2.18. The molecule has 0 radical (unpaired) electrons. The topological polar surface area (TPSA) is 78.5 Å². The van der Waals surface area contributed by atoms with Gasteiger partial charge in [-0.05, 0) is 41.0 Å². The molecule has 4 nitrogen and oxygen atoms in total. The first-order valence-electron chi connectivity index (χ1n) is 6.20. The Bertz CT molecular complexity index is 538. The van der Waals surface area contributed by atoms with E-state index in [0.717, 1.165) is 16.7 Å². The smallest absolute Gasteiger partial charge is 0.115 e. The Kier molecular flexibility index (Phi) is 4.39. The van der Waals surface area contributed by atoms with E-state index in [1.807, 2.05) is 30.3 Å². The van der Waals surface area contributed by atoms with Gasteiger partial charge in [0.2, 0.25) is 0 Å². The molecule has 100 valence electrons. The van der Waals surface area contributed by atoms with E-state index in [1.165, 1.54) is 0 Å². The third-order valence-corrected chi connectivity index (χ3v) is 2.91. The van der Waals surface area contributed by atoms with Crippen molar-refractivity contribution in [2.45, 2.75) is 6.54 Å². The van der Waals surface area contributed by atoms with E-state index in [0.29, 0.717) is 18.8 Å². The summed E-state index contributed by atoms with van der Waals surface area (Å²) in [6.07, 6.45) is 0. The van der Waals surface area contributed by atoms with Gasteiger partial charge in [0.25, 0.3) is 0 Å². The quantitative estimate of drug-likeness (QED) is 0.486. The lowest BCUT2D eigenvalue weighted by atomic mass is 9.99. The molecule has 0 aliphatic rings. The number of nitrogens with one attached hydrogen (secondary N) is 1. The Balaban J connectivity index is 2.30. The van der Waals surface area contributed by atoms with Gasteiger partial charge in [0, 0.05) is 18.8 Å². The number of phenolic OH excluding ortho intramolecular Hbond substituents is 1. The maximum atomic E-state index is 9.33. The van der Waals surface area contributed by atoms with Crippen LogP contribution in [0.25, 0.3) is 11.1 Å². The summed E-state index contributed by atoms with van der Waals surface area (Å²) in [5.74, 6) is 0.249. The van der Waals surface area contributed by atoms with E-state index in [9.17, 15) is 5.11 Å². The summed E-state index contributed by atoms with van der Waals surface area (Å²) in [4.78, 5) is 0. The van der Waals surface area contributed by atoms with Gasteiger partial charge in [-0.1, -0.05) is 18.2 Å². The molecule has 2 aromatic rings. The Hall–Kier alpha value is -2.04. The van der Waals surface area contributed by atoms with Gasteiger partial charge in [0.05, 0.1) is 6.61 Å². The van der Waals surface area contributed by atoms with Crippen LogP contribution in [-0.4, -0.2) is 23.4 Å². The van der Waals surface area contributed by atoms with Crippen LogP contribution < -0.4 is 11.1 Å². The Morgan fingerprint density at radius 1 is 1.05 bits per heavy atom. The van der Waals surface area contributed by atoms with Crippen LogP contribution in [0, 0.1) is 0 Å². The minimum Gasteiger partial charge on any atom is -0.508 e. The molecule has 0 bridgehead atoms. The molecule has 0 spiro atoms. The molecule has 0 saturated carbocycles.